The zero-order valence-corrected chi connectivity index (χ0v) is 11.4. The number of carbonyl (C=O) groups is 3. The molecule has 2 bridgehead atoms. The first-order chi connectivity index (χ1) is 9.34. The second-order valence-corrected chi connectivity index (χ2v) is 4.68. The van der Waals surface area contributed by atoms with Crippen LogP contribution in [-0.2, 0) is 38.1 Å². The Morgan fingerprint density at radius 2 is 1.70 bits per heavy atom. The Kier molecular flexibility index (Phi) is 3.96. The first kappa shape index (κ1) is 14.7. The van der Waals surface area contributed by atoms with Gasteiger partial charge < -0.3 is 23.7 Å². The maximum atomic E-state index is 11.2. The van der Waals surface area contributed by atoms with Gasteiger partial charge in [-0.15, -0.1) is 0 Å². The van der Waals surface area contributed by atoms with Crippen molar-refractivity contribution in [1.29, 1.82) is 0 Å². The molecule has 0 spiro atoms. The van der Waals surface area contributed by atoms with Gasteiger partial charge in [0.15, 0.2) is 6.10 Å². The van der Waals surface area contributed by atoms with Crippen molar-refractivity contribution in [3.63, 3.8) is 0 Å². The third kappa shape index (κ3) is 2.75. The highest BCUT2D eigenvalue weighted by atomic mass is 16.8. The Hall–Kier alpha value is -1.67. The normalized spacial score (nSPS) is 35.2. The molecule has 2 heterocycles. The second kappa shape index (κ2) is 5.37. The Morgan fingerprint density at radius 3 is 2.25 bits per heavy atom. The van der Waals surface area contributed by atoms with Crippen molar-refractivity contribution in [2.75, 3.05) is 13.2 Å². The highest BCUT2D eigenvalue weighted by Crippen LogP contribution is 2.40. The fourth-order valence-corrected chi connectivity index (χ4v) is 2.42. The van der Waals surface area contributed by atoms with Gasteiger partial charge in [-0.1, -0.05) is 0 Å². The highest BCUT2D eigenvalue weighted by Gasteiger charge is 2.64. The SMILES string of the molecule is CC(=O)OC1C2COCC(OC(C)=O)(O2)C1OC(C)=O. The Labute approximate surface area is 115 Å². The number of rotatable bonds is 3. The van der Waals surface area contributed by atoms with Crippen LogP contribution < -0.4 is 0 Å². The summed E-state index contributed by atoms with van der Waals surface area (Å²) in [6.07, 6.45) is -2.59. The van der Waals surface area contributed by atoms with Crippen LogP contribution in [0.25, 0.3) is 0 Å². The molecule has 4 unspecified atom stereocenters. The molecule has 2 saturated heterocycles. The quantitative estimate of drug-likeness (QED) is 0.508. The molecular formula is C12H16O8. The maximum absolute atomic E-state index is 11.2. The molecule has 2 aliphatic heterocycles. The largest absolute Gasteiger partial charge is 0.455 e. The third-order valence-corrected chi connectivity index (χ3v) is 2.95. The number of hydrogen-bond donors (Lipinski definition) is 0. The minimum Gasteiger partial charge on any atom is -0.455 e. The van der Waals surface area contributed by atoms with Gasteiger partial charge in [0.05, 0.1) is 6.61 Å². The van der Waals surface area contributed by atoms with E-state index in [4.69, 9.17) is 23.7 Å². The van der Waals surface area contributed by atoms with Crippen LogP contribution >= 0.6 is 0 Å². The van der Waals surface area contributed by atoms with E-state index in [1.165, 1.54) is 20.8 Å². The van der Waals surface area contributed by atoms with Gasteiger partial charge in [-0.2, -0.15) is 0 Å². The van der Waals surface area contributed by atoms with Crippen molar-refractivity contribution >= 4 is 17.9 Å². The van der Waals surface area contributed by atoms with Crippen molar-refractivity contribution in [2.45, 2.75) is 44.9 Å². The van der Waals surface area contributed by atoms with E-state index in [1.54, 1.807) is 0 Å². The van der Waals surface area contributed by atoms with E-state index < -0.39 is 42.0 Å². The van der Waals surface area contributed by atoms with Gasteiger partial charge in [0.1, 0.15) is 12.7 Å². The van der Waals surface area contributed by atoms with E-state index in [9.17, 15) is 14.4 Å². The van der Waals surface area contributed by atoms with Crippen LogP contribution in [0.2, 0.25) is 0 Å². The van der Waals surface area contributed by atoms with Gasteiger partial charge in [0.25, 0.3) is 5.79 Å². The molecule has 2 rings (SSSR count). The summed E-state index contributed by atoms with van der Waals surface area (Å²) >= 11 is 0. The minimum atomic E-state index is -1.57. The van der Waals surface area contributed by atoms with Gasteiger partial charge in [-0.05, 0) is 0 Å². The summed E-state index contributed by atoms with van der Waals surface area (Å²) in [5.74, 6) is -3.34. The summed E-state index contributed by atoms with van der Waals surface area (Å²) < 4.78 is 26.3. The molecular weight excluding hydrogens is 272 g/mol. The molecule has 20 heavy (non-hydrogen) atoms. The molecule has 0 aromatic rings. The van der Waals surface area contributed by atoms with E-state index in [0.29, 0.717) is 0 Å². The fourth-order valence-electron chi connectivity index (χ4n) is 2.42. The molecule has 8 heteroatoms. The molecule has 0 aliphatic carbocycles. The fraction of sp³-hybridized carbons (Fsp3) is 0.750. The highest BCUT2D eigenvalue weighted by molar-refractivity contribution is 5.68. The average Bonchev–Trinajstić information content (AvgIpc) is 2.48. The molecule has 112 valence electrons. The van der Waals surface area contributed by atoms with E-state index >= 15 is 0 Å². The van der Waals surface area contributed by atoms with Crippen LogP contribution in [0.5, 0.6) is 0 Å². The lowest BCUT2D eigenvalue weighted by atomic mass is 10.1. The summed E-state index contributed by atoms with van der Waals surface area (Å²) in [5.41, 5.74) is 0. The van der Waals surface area contributed by atoms with Crippen LogP contribution in [0.15, 0.2) is 0 Å². The second-order valence-electron chi connectivity index (χ2n) is 4.68. The standard InChI is InChI=1S/C12H16O8/c1-6(13)17-10-9-4-16-5-12(20-9,19-8(3)15)11(10)18-7(2)14/h9-11H,4-5H2,1-3H3. The molecule has 0 aromatic heterocycles. The molecule has 0 amide bonds. The lowest BCUT2D eigenvalue weighted by Gasteiger charge is -2.34. The predicted octanol–water partition coefficient (Wildman–Crippen LogP) is -0.462. The molecule has 8 nitrogen and oxygen atoms in total. The summed E-state index contributed by atoms with van der Waals surface area (Å²) in [6, 6.07) is 0. The third-order valence-electron chi connectivity index (χ3n) is 2.95. The monoisotopic (exact) mass is 288 g/mol. The summed E-state index contributed by atoms with van der Waals surface area (Å²) in [6.45, 7) is 3.69. The molecule has 0 N–H and O–H groups in total. The van der Waals surface area contributed by atoms with Crippen molar-refractivity contribution in [3.8, 4) is 0 Å². The first-order valence-corrected chi connectivity index (χ1v) is 6.13. The van der Waals surface area contributed by atoms with Gasteiger partial charge in [0.2, 0.25) is 6.10 Å². The maximum Gasteiger partial charge on any atom is 0.305 e. The Balaban J connectivity index is 2.30. The molecule has 0 saturated carbocycles. The van der Waals surface area contributed by atoms with Crippen molar-refractivity contribution in [2.24, 2.45) is 0 Å². The van der Waals surface area contributed by atoms with E-state index in [1.807, 2.05) is 0 Å². The van der Waals surface area contributed by atoms with Gasteiger partial charge >= 0.3 is 17.9 Å². The minimum absolute atomic E-state index is 0.0984. The lowest BCUT2D eigenvalue weighted by Crippen LogP contribution is -2.52. The van der Waals surface area contributed by atoms with Gasteiger partial charge in [-0.3, -0.25) is 14.4 Å². The van der Waals surface area contributed by atoms with Crippen LogP contribution in [-0.4, -0.2) is 55.2 Å². The smallest absolute Gasteiger partial charge is 0.305 e. The molecule has 0 aromatic carbocycles. The molecule has 4 atom stereocenters. The number of fused-ring (bicyclic) bond motifs is 2. The van der Waals surface area contributed by atoms with Gasteiger partial charge in [0, 0.05) is 20.8 Å². The lowest BCUT2D eigenvalue weighted by molar-refractivity contribution is -0.295. The van der Waals surface area contributed by atoms with Crippen molar-refractivity contribution < 1.29 is 38.1 Å². The number of carbonyl (C=O) groups excluding carboxylic acids is 3. The van der Waals surface area contributed by atoms with Crippen LogP contribution in [0.3, 0.4) is 0 Å². The predicted molar refractivity (Wildman–Crippen MR) is 61.3 cm³/mol. The zero-order chi connectivity index (χ0) is 14.9. The summed E-state index contributed by atoms with van der Waals surface area (Å²) in [7, 11) is 0. The number of ether oxygens (including phenoxy) is 5. The molecule has 2 fully saturated rings. The number of hydrogen-bond acceptors (Lipinski definition) is 8. The molecule has 0 radical (unpaired) electrons. The van der Waals surface area contributed by atoms with Crippen LogP contribution in [0.1, 0.15) is 20.8 Å². The molecule has 2 aliphatic rings. The van der Waals surface area contributed by atoms with E-state index in [-0.39, 0.29) is 13.2 Å². The van der Waals surface area contributed by atoms with Crippen LogP contribution in [0.4, 0.5) is 0 Å². The summed E-state index contributed by atoms with van der Waals surface area (Å²) in [5, 5.41) is 0. The Bertz CT molecular complexity index is 433. The van der Waals surface area contributed by atoms with Crippen LogP contribution in [0, 0.1) is 0 Å². The van der Waals surface area contributed by atoms with E-state index in [0.717, 1.165) is 0 Å². The van der Waals surface area contributed by atoms with Gasteiger partial charge in [-0.25, -0.2) is 0 Å². The topological polar surface area (TPSA) is 97.4 Å². The zero-order valence-electron chi connectivity index (χ0n) is 11.4. The first-order valence-electron chi connectivity index (χ1n) is 6.13. The van der Waals surface area contributed by atoms with Crippen molar-refractivity contribution in [1.82, 2.24) is 0 Å². The average molecular weight is 288 g/mol. The Morgan fingerprint density at radius 1 is 1.05 bits per heavy atom. The van der Waals surface area contributed by atoms with Crippen molar-refractivity contribution in [3.05, 3.63) is 0 Å². The van der Waals surface area contributed by atoms with E-state index in [2.05, 4.69) is 0 Å². The number of esters is 3. The summed E-state index contributed by atoms with van der Waals surface area (Å²) in [4.78, 5) is 33.7.